The Hall–Kier alpha value is -0.850. The molecule has 1 heteroatoms. The molecular weight excluding hydrogens is 134 g/mol. The van der Waals surface area contributed by atoms with E-state index in [2.05, 4.69) is 39.3 Å². The number of hydrogen-bond acceptors (Lipinski definition) is 1. The fraction of sp³-hybridized carbons (Fsp3) is 0.500. The molecule has 0 heterocycles. The van der Waals surface area contributed by atoms with E-state index in [0.717, 1.165) is 0 Å². The molecule has 0 rings (SSSR count). The van der Waals surface area contributed by atoms with E-state index in [1.165, 1.54) is 11.8 Å². The van der Waals surface area contributed by atoms with Crippen LogP contribution in [0.4, 0.5) is 0 Å². The van der Waals surface area contributed by atoms with Crippen molar-refractivity contribution in [1.82, 2.24) is 0 Å². The van der Waals surface area contributed by atoms with Gasteiger partial charge in [0.2, 0.25) is 0 Å². The summed E-state index contributed by atoms with van der Waals surface area (Å²) in [7, 11) is 0. The summed E-state index contributed by atoms with van der Waals surface area (Å²) in [5.74, 6) is 0. The van der Waals surface area contributed by atoms with Crippen LogP contribution in [-0.2, 0) is 0 Å². The number of nitrogens with zero attached hydrogens (tertiary/aromatic N) is 1. The summed E-state index contributed by atoms with van der Waals surface area (Å²) >= 11 is 0. The topological polar surface area (TPSA) is 12.4 Å². The molecule has 0 radical (unpaired) electrons. The number of hydrogen-bond donors (Lipinski definition) is 0. The lowest BCUT2D eigenvalue weighted by Gasteiger charge is -2.18. The summed E-state index contributed by atoms with van der Waals surface area (Å²) in [5, 5.41) is 0. The van der Waals surface area contributed by atoms with Crippen LogP contribution in [0, 0.1) is 5.41 Å². The van der Waals surface area contributed by atoms with Crippen molar-refractivity contribution in [1.29, 1.82) is 0 Å². The van der Waals surface area contributed by atoms with E-state index in [1.807, 2.05) is 6.08 Å². The fourth-order valence-electron chi connectivity index (χ4n) is 0.466. The molecule has 0 bridgehead atoms. The molecule has 62 valence electrons. The van der Waals surface area contributed by atoms with Crippen LogP contribution in [0.3, 0.4) is 0 Å². The van der Waals surface area contributed by atoms with E-state index in [1.54, 1.807) is 6.21 Å². The Morgan fingerprint density at radius 1 is 1.36 bits per heavy atom. The Kier molecular flexibility index (Phi) is 3.80. The fourth-order valence-corrected chi connectivity index (χ4v) is 0.466. The van der Waals surface area contributed by atoms with Gasteiger partial charge in [0, 0.05) is 12.4 Å². The molecule has 0 fully saturated rings. The van der Waals surface area contributed by atoms with Gasteiger partial charge in [0.25, 0.3) is 0 Å². The van der Waals surface area contributed by atoms with E-state index in [-0.39, 0.29) is 5.41 Å². The third kappa shape index (κ3) is 4.54. The molecule has 0 aliphatic carbocycles. The Bertz CT molecular complexity index is 180. The zero-order valence-corrected chi connectivity index (χ0v) is 7.89. The van der Waals surface area contributed by atoms with Crippen LogP contribution in [0.5, 0.6) is 0 Å². The Balaban J connectivity index is 4.23. The van der Waals surface area contributed by atoms with Crippen LogP contribution in [0.15, 0.2) is 29.4 Å². The van der Waals surface area contributed by atoms with Gasteiger partial charge in [-0.1, -0.05) is 32.9 Å². The van der Waals surface area contributed by atoms with Gasteiger partial charge in [0.05, 0.1) is 0 Å². The van der Waals surface area contributed by atoms with Gasteiger partial charge in [0.1, 0.15) is 0 Å². The molecule has 0 spiro atoms. The molecule has 0 saturated carbocycles. The van der Waals surface area contributed by atoms with Crippen LogP contribution >= 0.6 is 0 Å². The van der Waals surface area contributed by atoms with Crippen molar-refractivity contribution in [3.8, 4) is 0 Å². The van der Waals surface area contributed by atoms with E-state index < -0.39 is 0 Å². The molecule has 0 unspecified atom stereocenters. The number of aliphatic imine (C=N–C) groups is 1. The summed E-state index contributed by atoms with van der Waals surface area (Å²) in [6.07, 6.45) is 5.32. The summed E-state index contributed by atoms with van der Waals surface area (Å²) in [6.45, 7) is 12.1. The predicted octanol–water partition coefficient (Wildman–Crippen LogP) is 3.19. The maximum atomic E-state index is 3.89. The molecule has 0 atom stereocenters. The van der Waals surface area contributed by atoms with Crippen molar-refractivity contribution in [2.45, 2.75) is 27.7 Å². The second-order valence-electron chi connectivity index (χ2n) is 3.58. The van der Waals surface area contributed by atoms with Crippen LogP contribution in [-0.4, -0.2) is 6.21 Å². The quantitative estimate of drug-likeness (QED) is 0.537. The molecule has 0 aliphatic rings. The molecule has 0 saturated heterocycles. The van der Waals surface area contributed by atoms with Gasteiger partial charge in [-0.05, 0) is 18.4 Å². The van der Waals surface area contributed by atoms with Crippen molar-refractivity contribution in [3.63, 3.8) is 0 Å². The lowest BCUT2D eigenvalue weighted by atomic mass is 9.88. The highest BCUT2D eigenvalue weighted by molar-refractivity contribution is 5.72. The SMILES string of the molecule is C=CN=C/C=C(\C)C(C)(C)C. The lowest BCUT2D eigenvalue weighted by molar-refractivity contribution is 0.505. The van der Waals surface area contributed by atoms with Gasteiger partial charge < -0.3 is 0 Å². The molecule has 0 aromatic rings. The van der Waals surface area contributed by atoms with Gasteiger partial charge in [0.15, 0.2) is 0 Å². The van der Waals surface area contributed by atoms with E-state index in [0.29, 0.717) is 0 Å². The smallest absolute Gasteiger partial charge is 0.0267 e. The summed E-state index contributed by atoms with van der Waals surface area (Å²) in [5.41, 5.74) is 1.57. The Morgan fingerprint density at radius 2 is 1.91 bits per heavy atom. The summed E-state index contributed by atoms with van der Waals surface area (Å²) in [4.78, 5) is 3.89. The highest BCUT2D eigenvalue weighted by atomic mass is 14.6. The molecule has 0 aliphatic heterocycles. The van der Waals surface area contributed by atoms with Crippen molar-refractivity contribution >= 4 is 6.21 Å². The van der Waals surface area contributed by atoms with E-state index in [9.17, 15) is 0 Å². The Morgan fingerprint density at radius 3 is 2.27 bits per heavy atom. The average molecular weight is 151 g/mol. The van der Waals surface area contributed by atoms with E-state index >= 15 is 0 Å². The van der Waals surface area contributed by atoms with E-state index in [4.69, 9.17) is 0 Å². The largest absolute Gasteiger partial charge is 0.265 e. The summed E-state index contributed by atoms with van der Waals surface area (Å²) < 4.78 is 0. The third-order valence-corrected chi connectivity index (χ3v) is 1.70. The molecule has 1 nitrogen and oxygen atoms in total. The first kappa shape index (κ1) is 10.2. The Labute approximate surface area is 69.5 Å². The predicted molar refractivity (Wildman–Crippen MR) is 51.9 cm³/mol. The second-order valence-corrected chi connectivity index (χ2v) is 3.58. The third-order valence-electron chi connectivity index (χ3n) is 1.70. The standard InChI is InChI=1S/C10H17N/c1-6-11-8-7-9(2)10(3,4)5/h6-8H,1H2,2-5H3/b9-7+,11-8?. The first-order chi connectivity index (χ1) is 4.98. The van der Waals surface area contributed by atoms with Gasteiger partial charge in [-0.3, -0.25) is 4.99 Å². The van der Waals surface area contributed by atoms with Crippen LogP contribution in [0.2, 0.25) is 0 Å². The van der Waals surface area contributed by atoms with Crippen molar-refractivity contribution in [3.05, 3.63) is 24.4 Å². The molecule has 0 amide bonds. The lowest BCUT2D eigenvalue weighted by Crippen LogP contribution is -2.06. The van der Waals surface area contributed by atoms with Gasteiger partial charge in [-0.15, -0.1) is 0 Å². The molecule has 11 heavy (non-hydrogen) atoms. The van der Waals surface area contributed by atoms with Crippen molar-refractivity contribution < 1.29 is 0 Å². The minimum Gasteiger partial charge on any atom is -0.265 e. The highest BCUT2D eigenvalue weighted by Gasteiger charge is 2.10. The van der Waals surface area contributed by atoms with Gasteiger partial charge in [-0.25, -0.2) is 0 Å². The van der Waals surface area contributed by atoms with Crippen LogP contribution < -0.4 is 0 Å². The molecular formula is C10H17N. The first-order valence-corrected chi connectivity index (χ1v) is 3.80. The maximum Gasteiger partial charge on any atom is 0.0267 e. The number of allylic oxidation sites excluding steroid dienone is 2. The highest BCUT2D eigenvalue weighted by Crippen LogP contribution is 2.23. The normalized spacial score (nSPS) is 14.0. The summed E-state index contributed by atoms with van der Waals surface area (Å²) in [6, 6.07) is 0. The van der Waals surface area contributed by atoms with Gasteiger partial charge >= 0.3 is 0 Å². The minimum atomic E-state index is 0.243. The number of rotatable bonds is 2. The maximum absolute atomic E-state index is 3.89. The zero-order chi connectivity index (χ0) is 8.91. The molecule has 0 N–H and O–H groups in total. The van der Waals surface area contributed by atoms with Crippen molar-refractivity contribution in [2.24, 2.45) is 10.4 Å². The first-order valence-electron chi connectivity index (χ1n) is 3.80. The van der Waals surface area contributed by atoms with Gasteiger partial charge in [-0.2, -0.15) is 0 Å². The average Bonchev–Trinajstić information content (AvgIpc) is 1.86. The minimum absolute atomic E-state index is 0.243. The molecule has 0 aromatic carbocycles. The molecule has 0 aromatic heterocycles. The second kappa shape index (κ2) is 4.12. The van der Waals surface area contributed by atoms with Crippen LogP contribution in [0.25, 0.3) is 0 Å². The zero-order valence-electron chi connectivity index (χ0n) is 7.89. The van der Waals surface area contributed by atoms with Crippen LogP contribution in [0.1, 0.15) is 27.7 Å². The van der Waals surface area contributed by atoms with Crippen molar-refractivity contribution in [2.75, 3.05) is 0 Å². The monoisotopic (exact) mass is 151 g/mol.